The van der Waals surface area contributed by atoms with Crippen molar-refractivity contribution in [2.24, 2.45) is 0 Å². The molecule has 0 atom stereocenters. The number of hydrogen-bond donors (Lipinski definition) is 2. The van der Waals surface area contributed by atoms with Gasteiger partial charge in [0.25, 0.3) is 0 Å². The lowest BCUT2D eigenvalue weighted by Crippen LogP contribution is -2.19. The second-order valence-corrected chi connectivity index (χ2v) is 3.74. The van der Waals surface area contributed by atoms with Crippen molar-refractivity contribution in [3.63, 3.8) is 0 Å². The minimum atomic E-state index is -0.887. The molecule has 0 aliphatic carbocycles. The number of benzene rings is 1. The van der Waals surface area contributed by atoms with Crippen LogP contribution in [0.4, 0.5) is 0 Å². The molecule has 0 amide bonds. The van der Waals surface area contributed by atoms with Crippen molar-refractivity contribution < 1.29 is 9.90 Å². The van der Waals surface area contributed by atoms with E-state index in [1.807, 2.05) is 25.1 Å². The zero-order valence-electron chi connectivity index (χ0n) is 9.44. The highest BCUT2D eigenvalue weighted by Gasteiger charge is 1.95. The topological polar surface area (TPSA) is 49.3 Å². The van der Waals surface area contributed by atoms with E-state index in [9.17, 15) is 4.79 Å². The van der Waals surface area contributed by atoms with Crippen LogP contribution in [0.3, 0.4) is 0 Å². The molecule has 0 spiro atoms. The Morgan fingerprint density at radius 3 is 2.69 bits per heavy atom. The van der Waals surface area contributed by atoms with E-state index in [1.54, 1.807) is 0 Å². The predicted molar refractivity (Wildman–Crippen MR) is 64.4 cm³/mol. The lowest BCUT2D eigenvalue weighted by atomic mass is 10.1. The van der Waals surface area contributed by atoms with Gasteiger partial charge in [-0.05, 0) is 25.5 Å². The molecule has 0 fully saturated rings. The van der Waals surface area contributed by atoms with Crippen LogP contribution in [0.1, 0.15) is 12.5 Å². The highest BCUT2D eigenvalue weighted by Crippen LogP contribution is 1.98. The maximum absolute atomic E-state index is 10.4. The smallest absolute Gasteiger partial charge is 0.328 e. The fourth-order valence-corrected chi connectivity index (χ4v) is 1.42. The molecule has 1 aromatic carbocycles. The summed E-state index contributed by atoms with van der Waals surface area (Å²) in [5.41, 5.74) is 2.12. The average molecular weight is 219 g/mol. The van der Waals surface area contributed by atoms with Crippen molar-refractivity contribution in [1.82, 2.24) is 5.32 Å². The fraction of sp³-hybridized carbons (Fsp3) is 0.308. The second kappa shape index (κ2) is 6.80. The Hall–Kier alpha value is -1.61. The van der Waals surface area contributed by atoms with Gasteiger partial charge in [-0.3, -0.25) is 0 Å². The number of aliphatic carboxylic acids is 1. The molecule has 3 nitrogen and oxygen atoms in total. The van der Waals surface area contributed by atoms with Crippen LogP contribution in [0.5, 0.6) is 0 Å². The first-order valence-electron chi connectivity index (χ1n) is 5.33. The van der Waals surface area contributed by atoms with Crippen LogP contribution in [0.15, 0.2) is 42.0 Å². The third kappa shape index (κ3) is 5.32. The van der Waals surface area contributed by atoms with Crippen molar-refractivity contribution in [2.75, 3.05) is 13.1 Å². The Bertz CT molecular complexity index is 357. The van der Waals surface area contributed by atoms with Crippen LogP contribution in [-0.4, -0.2) is 24.2 Å². The van der Waals surface area contributed by atoms with E-state index in [4.69, 9.17) is 5.11 Å². The molecule has 0 saturated heterocycles. The van der Waals surface area contributed by atoms with Crippen molar-refractivity contribution in [2.45, 2.75) is 13.3 Å². The van der Waals surface area contributed by atoms with Gasteiger partial charge in [-0.1, -0.05) is 35.9 Å². The van der Waals surface area contributed by atoms with Crippen LogP contribution in [0.2, 0.25) is 0 Å². The monoisotopic (exact) mass is 219 g/mol. The first-order valence-corrected chi connectivity index (χ1v) is 5.33. The number of nitrogens with one attached hydrogen (secondary N) is 1. The summed E-state index contributed by atoms with van der Waals surface area (Å²) in [6.07, 6.45) is 2.19. The third-order valence-electron chi connectivity index (χ3n) is 2.21. The van der Waals surface area contributed by atoms with E-state index >= 15 is 0 Å². The van der Waals surface area contributed by atoms with E-state index in [0.717, 1.165) is 18.5 Å². The van der Waals surface area contributed by atoms with Gasteiger partial charge in [-0.25, -0.2) is 4.79 Å². The maximum atomic E-state index is 10.4. The van der Waals surface area contributed by atoms with E-state index in [0.29, 0.717) is 6.54 Å². The van der Waals surface area contributed by atoms with E-state index < -0.39 is 5.97 Å². The zero-order chi connectivity index (χ0) is 11.8. The fourth-order valence-electron chi connectivity index (χ4n) is 1.42. The Morgan fingerprint density at radius 1 is 1.38 bits per heavy atom. The van der Waals surface area contributed by atoms with Crippen LogP contribution in [0.25, 0.3) is 0 Å². The van der Waals surface area contributed by atoms with Gasteiger partial charge >= 0.3 is 5.97 Å². The summed E-state index contributed by atoms with van der Waals surface area (Å²) in [4.78, 5) is 10.4. The maximum Gasteiger partial charge on any atom is 0.328 e. The van der Waals surface area contributed by atoms with Crippen molar-refractivity contribution in [1.29, 1.82) is 0 Å². The molecule has 2 N–H and O–H groups in total. The molecule has 1 rings (SSSR count). The summed E-state index contributed by atoms with van der Waals surface area (Å²) >= 11 is 0. The van der Waals surface area contributed by atoms with E-state index in [2.05, 4.69) is 17.4 Å². The van der Waals surface area contributed by atoms with Crippen LogP contribution in [0, 0.1) is 0 Å². The van der Waals surface area contributed by atoms with Gasteiger partial charge in [-0.15, -0.1) is 0 Å². The Balaban J connectivity index is 2.20. The van der Waals surface area contributed by atoms with Gasteiger partial charge in [0.1, 0.15) is 0 Å². The Morgan fingerprint density at radius 2 is 2.06 bits per heavy atom. The number of rotatable bonds is 6. The average Bonchev–Trinajstić information content (AvgIpc) is 2.25. The molecular weight excluding hydrogens is 202 g/mol. The number of carboxylic acid groups (broad SMARTS) is 1. The van der Waals surface area contributed by atoms with Crippen LogP contribution in [-0.2, 0) is 11.2 Å². The quantitative estimate of drug-likeness (QED) is 0.567. The second-order valence-electron chi connectivity index (χ2n) is 3.74. The van der Waals surface area contributed by atoms with Gasteiger partial charge in [0.2, 0.25) is 0 Å². The van der Waals surface area contributed by atoms with Gasteiger partial charge in [0.15, 0.2) is 0 Å². The Labute approximate surface area is 95.8 Å². The molecule has 0 radical (unpaired) electrons. The zero-order valence-corrected chi connectivity index (χ0v) is 9.44. The molecule has 3 heteroatoms. The van der Waals surface area contributed by atoms with Gasteiger partial charge in [0.05, 0.1) is 0 Å². The highest BCUT2D eigenvalue weighted by atomic mass is 16.4. The molecule has 0 bridgehead atoms. The molecule has 1 aromatic rings. The largest absolute Gasteiger partial charge is 0.478 e. The van der Waals surface area contributed by atoms with Crippen LogP contribution >= 0.6 is 0 Å². The number of hydrogen-bond acceptors (Lipinski definition) is 2. The number of carboxylic acids is 1. The molecular formula is C13H17NO2. The Kier molecular flexibility index (Phi) is 5.29. The van der Waals surface area contributed by atoms with E-state index in [1.165, 1.54) is 11.6 Å². The molecule has 0 aromatic heterocycles. The molecule has 0 aliphatic rings. The molecule has 86 valence electrons. The minimum Gasteiger partial charge on any atom is -0.478 e. The molecule has 0 saturated carbocycles. The van der Waals surface area contributed by atoms with Crippen LogP contribution < -0.4 is 5.32 Å². The minimum absolute atomic E-state index is 0.624. The van der Waals surface area contributed by atoms with Gasteiger partial charge in [-0.2, -0.15) is 0 Å². The van der Waals surface area contributed by atoms with Gasteiger partial charge in [0, 0.05) is 12.6 Å². The lowest BCUT2D eigenvalue weighted by Gasteiger charge is -2.04. The van der Waals surface area contributed by atoms with Crippen molar-refractivity contribution in [3.8, 4) is 0 Å². The molecule has 0 unspecified atom stereocenters. The summed E-state index contributed by atoms with van der Waals surface area (Å²) in [5.74, 6) is -0.887. The summed E-state index contributed by atoms with van der Waals surface area (Å²) in [7, 11) is 0. The molecule has 16 heavy (non-hydrogen) atoms. The van der Waals surface area contributed by atoms with Crippen molar-refractivity contribution >= 4 is 5.97 Å². The first kappa shape index (κ1) is 12.5. The summed E-state index contributed by atoms with van der Waals surface area (Å²) in [6.45, 7) is 3.29. The summed E-state index contributed by atoms with van der Waals surface area (Å²) in [5, 5.41) is 11.7. The predicted octanol–water partition coefficient (Wildman–Crippen LogP) is 1.85. The third-order valence-corrected chi connectivity index (χ3v) is 2.21. The van der Waals surface area contributed by atoms with Gasteiger partial charge < -0.3 is 10.4 Å². The van der Waals surface area contributed by atoms with E-state index in [-0.39, 0.29) is 0 Å². The number of carbonyl (C=O) groups is 1. The molecule has 0 aliphatic heterocycles. The highest BCUT2D eigenvalue weighted by molar-refractivity contribution is 5.80. The SMILES string of the molecule is C/C(=C/C(=O)O)CNCCc1ccccc1. The summed E-state index contributed by atoms with van der Waals surface area (Å²) in [6, 6.07) is 10.2. The summed E-state index contributed by atoms with van der Waals surface area (Å²) < 4.78 is 0. The lowest BCUT2D eigenvalue weighted by molar-refractivity contribution is -0.131. The standard InChI is InChI=1S/C13H17NO2/c1-11(9-13(15)16)10-14-8-7-12-5-3-2-4-6-12/h2-6,9,14H,7-8,10H2,1H3,(H,15,16)/b11-9-. The molecule has 0 heterocycles. The van der Waals surface area contributed by atoms with Crippen molar-refractivity contribution in [3.05, 3.63) is 47.5 Å². The normalized spacial score (nSPS) is 11.4. The first-order chi connectivity index (χ1) is 7.68.